The maximum absolute atomic E-state index is 5.78. The van der Waals surface area contributed by atoms with E-state index in [1.54, 1.807) is 13.2 Å². The van der Waals surface area contributed by atoms with Gasteiger partial charge in [-0.25, -0.2) is 4.98 Å². The Morgan fingerprint density at radius 3 is 2.35 bits per heavy atom. The van der Waals surface area contributed by atoms with E-state index < -0.39 is 0 Å². The van der Waals surface area contributed by atoms with Crippen molar-refractivity contribution in [1.82, 2.24) is 15.6 Å². The number of guanidine groups is 1. The van der Waals surface area contributed by atoms with Crippen LogP contribution in [0.2, 0.25) is 0 Å². The number of aromatic nitrogens is 1. The normalized spacial score (nSPS) is 12.3. The molecule has 0 fully saturated rings. The summed E-state index contributed by atoms with van der Waals surface area (Å²) in [6, 6.07) is 8.05. The molecule has 0 saturated carbocycles. The van der Waals surface area contributed by atoms with E-state index in [4.69, 9.17) is 9.15 Å². The molecule has 26 heavy (non-hydrogen) atoms. The van der Waals surface area contributed by atoms with E-state index in [9.17, 15) is 0 Å². The van der Waals surface area contributed by atoms with Crippen molar-refractivity contribution in [3.8, 4) is 5.75 Å². The third-order valence-corrected chi connectivity index (χ3v) is 3.68. The highest BCUT2D eigenvalue weighted by molar-refractivity contribution is 5.79. The molecule has 0 atom stereocenters. The zero-order chi connectivity index (χ0) is 19.2. The molecule has 2 rings (SSSR count). The molecule has 1 aromatic heterocycles. The molecule has 2 aromatic rings. The fourth-order valence-electron chi connectivity index (χ4n) is 2.26. The summed E-state index contributed by atoms with van der Waals surface area (Å²) in [5.41, 5.74) is 1.10. The molecular weight excluding hydrogens is 328 g/mol. The summed E-state index contributed by atoms with van der Waals surface area (Å²) in [6.45, 7) is 11.5. The molecule has 0 unspecified atom stereocenters. The van der Waals surface area contributed by atoms with Gasteiger partial charge in [0.1, 0.15) is 11.5 Å². The van der Waals surface area contributed by atoms with Crippen molar-refractivity contribution in [2.45, 2.75) is 59.2 Å². The van der Waals surface area contributed by atoms with Gasteiger partial charge in [0.2, 0.25) is 5.89 Å². The van der Waals surface area contributed by atoms with Gasteiger partial charge in [0.05, 0.1) is 18.8 Å². The van der Waals surface area contributed by atoms with Gasteiger partial charge in [0, 0.05) is 19.0 Å². The van der Waals surface area contributed by atoms with Crippen LogP contribution in [0.25, 0.3) is 0 Å². The maximum atomic E-state index is 5.78. The van der Waals surface area contributed by atoms with Gasteiger partial charge in [-0.1, -0.05) is 32.9 Å². The van der Waals surface area contributed by atoms with Gasteiger partial charge >= 0.3 is 0 Å². The molecule has 0 aliphatic heterocycles. The molecule has 1 heterocycles. The van der Waals surface area contributed by atoms with Crippen LogP contribution in [0.4, 0.5) is 0 Å². The molecule has 0 bridgehead atoms. The predicted molar refractivity (Wildman–Crippen MR) is 104 cm³/mol. The maximum Gasteiger partial charge on any atom is 0.213 e. The summed E-state index contributed by atoms with van der Waals surface area (Å²) in [5, 5.41) is 6.50. The third-order valence-electron chi connectivity index (χ3n) is 3.68. The third kappa shape index (κ3) is 6.10. The predicted octanol–water partition coefficient (Wildman–Crippen LogP) is 3.62. The molecule has 0 aliphatic carbocycles. The molecule has 0 radical (unpaired) electrons. The Hall–Kier alpha value is -2.50. The molecule has 0 aliphatic rings. The lowest BCUT2D eigenvalue weighted by atomic mass is 9.94. The summed E-state index contributed by atoms with van der Waals surface area (Å²) < 4.78 is 11.4. The largest absolute Gasteiger partial charge is 0.491 e. The summed E-state index contributed by atoms with van der Waals surface area (Å²) in [7, 11) is 1.74. The van der Waals surface area contributed by atoms with Crippen LogP contribution in [-0.4, -0.2) is 24.1 Å². The van der Waals surface area contributed by atoms with Crippen LogP contribution in [0, 0.1) is 0 Å². The highest BCUT2D eigenvalue weighted by atomic mass is 16.5. The summed E-state index contributed by atoms with van der Waals surface area (Å²) in [5.74, 6) is 3.10. The summed E-state index contributed by atoms with van der Waals surface area (Å²) in [6.07, 6.45) is 1.96. The molecule has 1 aromatic carbocycles. The molecule has 6 nitrogen and oxygen atoms in total. The molecule has 0 amide bonds. The van der Waals surface area contributed by atoms with Crippen molar-refractivity contribution in [1.29, 1.82) is 0 Å². The van der Waals surface area contributed by atoms with E-state index in [1.807, 2.05) is 38.1 Å². The average molecular weight is 358 g/mol. The van der Waals surface area contributed by atoms with Crippen molar-refractivity contribution in [3.05, 3.63) is 47.7 Å². The first-order valence-corrected chi connectivity index (χ1v) is 8.93. The van der Waals surface area contributed by atoms with Crippen LogP contribution in [0.15, 0.2) is 39.9 Å². The summed E-state index contributed by atoms with van der Waals surface area (Å²) in [4.78, 5) is 8.55. The van der Waals surface area contributed by atoms with E-state index in [2.05, 4.69) is 41.4 Å². The first-order valence-electron chi connectivity index (χ1n) is 8.93. The summed E-state index contributed by atoms with van der Waals surface area (Å²) >= 11 is 0. The average Bonchev–Trinajstić information content (AvgIpc) is 3.05. The minimum atomic E-state index is -0.0450. The standard InChI is InChI=1S/C20H30N4O2/c1-14(2)25-16-9-7-15(8-10-16)11-23-19(21-6)24-13-18-22-12-17(26-18)20(3,4)5/h7-10,12,14H,11,13H2,1-6H3,(H2,21,23,24). The number of nitrogens with zero attached hydrogens (tertiary/aromatic N) is 2. The minimum absolute atomic E-state index is 0.0450. The Morgan fingerprint density at radius 1 is 1.15 bits per heavy atom. The quantitative estimate of drug-likeness (QED) is 0.609. The first-order chi connectivity index (χ1) is 12.3. The van der Waals surface area contributed by atoms with E-state index >= 15 is 0 Å². The monoisotopic (exact) mass is 358 g/mol. The smallest absolute Gasteiger partial charge is 0.213 e. The Labute approximate surface area is 156 Å². The van der Waals surface area contributed by atoms with Gasteiger partial charge in [-0.2, -0.15) is 0 Å². The Bertz CT molecular complexity index is 712. The fourth-order valence-corrected chi connectivity index (χ4v) is 2.26. The van der Waals surface area contributed by atoms with Crippen molar-refractivity contribution < 1.29 is 9.15 Å². The van der Waals surface area contributed by atoms with Crippen molar-refractivity contribution in [2.24, 2.45) is 4.99 Å². The lowest BCUT2D eigenvalue weighted by Crippen LogP contribution is -2.36. The zero-order valence-corrected chi connectivity index (χ0v) is 16.6. The van der Waals surface area contributed by atoms with Crippen LogP contribution < -0.4 is 15.4 Å². The Balaban J connectivity index is 1.83. The fraction of sp³-hybridized carbons (Fsp3) is 0.500. The number of oxazole rings is 1. The number of hydrogen-bond donors (Lipinski definition) is 2. The van der Waals surface area contributed by atoms with Gasteiger partial charge in [-0.05, 0) is 31.5 Å². The van der Waals surface area contributed by atoms with E-state index in [-0.39, 0.29) is 11.5 Å². The molecule has 0 spiro atoms. The lowest BCUT2D eigenvalue weighted by Gasteiger charge is -2.14. The van der Waals surface area contributed by atoms with Crippen molar-refractivity contribution in [3.63, 3.8) is 0 Å². The SMILES string of the molecule is CN=C(NCc1ccc(OC(C)C)cc1)NCc1ncc(C(C)(C)C)o1. The number of nitrogens with one attached hydrogen (secondary N) is 2. The second-order valence-corrected chi connectivity index (χ2v) is 7.46. The number of hydrogen-bond acceptors (Lipinski definition) is 4. The molecule has 6 heteroatoms. The Kier molecular flexibility index (Phi) is 6.66. The Morgan fingerprint density at radius 2 is 1.81 bits per heavy atom. The lowest BCUT2D eigenvalue weighted by molar-refractivity contribution is 0.242. The van der Waals surface area contributed by atoms with Gasteiger partial charge in [0.15, 0.2) is 5.96 Å². The van der Waals surface area contributed by atoms with Crippen molar-refractivity contribution in [2.75, 3.05) is 7.05 Å². The highest BCUT2D eigenvalue weighted by Crippen LogP contribution is 2.22. The van der Waals surface area contributed by atoms with E-state index in [1.165, 1.54) is 0 Å². The van der Waals surface area contributed by atoms with Crippen LogP contribution in [0.3, 0.4) is 0 Å². The number of ether oxygens (including phenoxy) is 1. The van der Waals surface area contributed by atoms with Crippen LogP contribution in [-0.2, 0) is 18.5 Å². The van der Waals surface area contributed by atoms with Gasteiger partial charge in [-0.15, -0.1) is 0 Å². The molecule has 0 saturated heterocycles. The molecule has 2 N–H and O–H groups in total. The van der Waals surface area contributed by atoms with Crippen LogP contribution >= 0.6 is 0 Å². The van der Waals surface area contributed by atoms with Gasteiger partial charge in [0.25, 0.3) is 0 Å². The second kappa shape index (κ2) is 8.74. The van der Waals surface area contributed by atoms with E-state index in [0.29, 0.717) is 24.9 Å². The second-order valence-electron chi connectivity index (χ2n) is 7.46. The van der Waals surface area contributed by atoms with E-state index in [0.717, 1.165) is 17.1 Å². The number of benzene rings is 1. The van der Waals surface area contributed by atoms with Crippen molar-refractivity contribution >= 4 is 5.96 Å². The number of aliphatic imine (C=N–C) groups is 1. The van der Waals surface area contributed by atoms with Gasteiger partial charge < -0.3 is 19.8 Å². The minimum Gasteiger partial charge on any atom is -0.491 e. The van der Waals surface area contributed by atoms with Crippen LogP contribution in [0.1, 0.15) is 51.8 Å². The first kappa shape index (κ1) is 19.8. The molecular formula is C20H30N4O2. The number of rotatable bonds is 6. The molecule has 142 valence electrons. The highest BCUT2D eigenvalue weighted by Gasteiger charge is 2.19. The van der Waals surface area contributed by atoms with Gasteiger partial charge in [-0.3, -0.25) is 4.99 Å². The van der Waals surface area contributed by atoms with Crippen LogP contribution in [0.5, 0.6) is 5.75 Å². The zero-order valence-electron chi connectivity index (χ0n) is 16.6. The topological polar surface area (TPSA) is 71.7 Å².